The predicted molar refractivity (Wildman–Crippen MR) is 70.9 cm³/mol. The van der Waals surface area contributed by atoms with Crippen LogP contribution in [0.3, 0.4) is 0 Å². The Morgan fingerprint density at radius 3 is 2.53 bits per heavy atom. The van der Waals surface area contributed by atoms with Crippen LogP contribution in [0.25, 0.3) is 0 Å². The van der Waals surface area contributed by atoms with Gasteiger partial charge in [-0.05, 0) is 30.7 Å². The lowest BCUT2D eigenvalue weighted by molar-refractivity contribution is -0.116. The van der Waals surface area contributed by atoms with Crippen LogP contribution in [0.5, 0.6) is 0 Å². The van der Waals surface area contributed by atoms with Gasteiger partial charge in [-0.15, -0.1) is 11.8 Å². The third-order valence-electron chi connectivity index (χ3n) is 2.52. The molecule has 0 N–H and O–H groups in total. The number of hydrogen-bond acceptors (Lipinski definition) is 2. The molecular weight excluding hydrogens is 235 g/mol. The Bertz CT molecular complexity index is 335. The number of thioether (sulfide) groups is 1. The summed E-state index contributed by atoms with van der Waals surface area (Å²) in [6, 6.07) is 6.27. The van der Waals surface area contributed by atoms with Gasteiger partial charge in [-0.25, -0.2) is 4.39 Å². The third-order valence-corrected chi connectivity index (χ3v) is 3.59. The van der Waals surface area contributed by atoms with Crippen LogP contribution in [-0.4, -0.2) is 11.5 Å². The minimum atomic E-state index is -0.236. The maximum absolute atomic E-state index is 12.6. The third kappa shape index (κ3) is 6.47. The number of carbonyl (C=O) groups excluding carboxylic acids is 1. The summed E-state index contributed by atoms with van der Waals surface area (Å²) in [5.74, 6) is 0.549. The number of Topliss-reactive ketones (excluding diaryl/α,β-unsaturated/α-hetero) is 1. The van der Waals surface area contributed by atoms with E-state index in [1.54, 1.807) is 12.1 Å². The van der Waals surface area contributed by atoms with E-state index < -0.39 is 0 Å². The number of hydrogen-bond donors (Lipinski definition) is 0. The monoisotopic (exact) mass is 254 g/mol. The SMILES string of the molecule is CCCCCCC(=O)CSc1ccc(F)cc1. The maximum Gasteiger partial charge on any atom is 0.143 e. The Labute approximate surface area is 107 Å². The molecule has 0 radical (unpaired) electrons. The number of ketones is 1. The van der Waals surface area contributed by atoms with E-state index in [1.807, 2.05) is 0 Å². The Balaban J connectivity index is 2.17. The number of benzene rings is 1. The molecular formula is C14H19FOS. The first-order valence-corrected chi connectivity index (χ1v) is 7.11. The lowest BCUT2D eigenvalue weighted by atomic mass is 10.1. The Morgan fingerprint density at radius 2 is 1.88 bits per heavy atom. The van der Waals surface area contributed by atoms with Crippen molar-refractivity contribution in [2.24, 2.45) is 0 Å². The van der Waals surface area contributed by atoms with Crippen molar-refractivity contribution >= 4 is 17.5 Å². The van der Waals surface area contributed by atoms with Crippen LogP contribution in [-0.2, 0) is 4.79 Å². The van der Waals surface area contributed by atoms with Crippen molar-refractivity contribution in [3.63, 3.8) is 0 Å². The van der Waals surface area contributed by atoms with Gasteiger partial charge in [0.1, 0.15) is 11.6 Å². The van der Waals surface area contributed by atoms with E-state index in [0.717, 1.165) is 17.7 Å². The van der Waals surface area contributed by atoms with E-state index >= 15 is 0 Å². The predicted octanol–water partition coefficient (Wildman–Crippen LogP) is 4.46. The van der Waals surface area contributed by atoms with Crippen molar-refractivity contribution in [3.8, 4) is 0 Å². The van der Waals surface area contributed by atoms with E-state index in [-0.39, 0.29) is 11.6 Å². The van der Waals surface area contributed by atoms with Gasteiger partial charge in [0.2, 0.25) is 0 Å². The summed E-state index contributed by atoms with van der Waals surface area (Å²) in [6.07, 6.45) is 5.21. The van der Waals surface area contributed by atoms with Crippen LogP contribution in [0, 0.1) is 5.82 Å². The fraction of sp³-hybridized carbons (Fsp3) is 0.500. The van der Waals surface area contributed by atoms with E-state index in [1.165, 1.54) is 36.7 Å². The second-order valence-corrected chi connectivity index (χ2v) is 5.14. The molecule has 0 aromatic heterocycles. The molecule has 0 saturated carbocycles. The lowest BCUT2D eigenvalue weighted by Crippen LogP contribution is -2.00. The number of rotatable bonds is 8. The second-order valence-electron chi connectivity index (χ2n) is 4.09. The highest BCUT2D eigenvalue weighted by atomic mass is 32.2. The van der Waals surface area contributed by atoms with Gasteiger partial charge in [0.25, 0.3) is 0 Å². The smallest absolute Gasteiger partial charge is 0.143 e. The van der Waals surface area contributed by atoms with Crippen molar-refractivity contribution in [1.82, 2.24) is 0 Å². The van der Waals surface area contributed by atoms with Gasteiger partial charge in [-0.2, -0.15) is 0 Å². The van der Waals surface area contributed by atoms with Crippen LogP contribution in [0.1, 0.15) is 39.0 Å². The standard InChI is InChI=1S/C14H19FOS/c1-2-3-4-5-6-13(16)11-17-14-9-7-12(15)8-10-14/h7-10H,2-6,11H2,1H3. The van der Waals surface area contributed by atoms with Crippen LogP contribution in [0.2, 0.25) is 0 Å². The average Bonchev–Trinajstić information content (AvgIpc) is 2.34. The summed E-state index contributed by atoms with van der Waals surface area (Å²) in [6.45, 7) is 2.16. The maximum atomic E-state index is 12.6. The lowest BCUT2D eigenvalue weighted by Gasteiger charge is -2.01. The largest absolute Gasteiger partial charge is 0.299 e. The number of carbonyl (C=O) groups is 1. The van der Waals surface area contributed by atoms with E-state index in [2.05, 4.69) is 6.92 Å². The van der Waals surface area contributed by atoms with Gasteiger partial charge in [0.15, 0.2) is 0 Å². The summed E-state index contributed by atoms with van der Waals surface area (Å²) in [5.41, 5.74) is 0. The van der Waals surface area contributed by atoms with Gasteiger partial charge in [-0.3, -0.25) is 4.79 Å². The molecule has 1 aromatic rings. The summed E-state index contributed by atoms with van der Waals surface area (Å²) < 4.78 is 12.6. The Kier molecular flexibility index (Phi) is 6.94. The first-order valence-electron chi connectivity index (χ1n) is 6.12. The van der Waals surface area contributed by atoms with E-state index in [4.69, 9.17) is 0 Å². The molecule has 0 aliphatic rings. The highest BCUT2D eigenvalue weighted by Crippen LogP contribution is 2.18. The van der Waals surface area contributed by atoms with Crippen LogP contribution >= 0.6 is 11.8 Å². The minimum Gasteiger partial charge on any atom is -0.299 e. The molecule has 0 atom stereocenters. The highest BCUT2D eigenvalue weighted by molar-refractivity contribution is 8.00. The Hall–Kier alpha value is -0.830. The molecule has 0 aliphatic carbocycles. The zero-order valence-corrected chi connectivity index (χ0v) is 11.1. The molecule has 17 heavy (non-hydrogen) atoms. The summed E-state index contributed by atoms with van der Waals surface area (Å²) in [4.78, 5) is 12.5. The molecule has 0 fully saturated rings. The van der Waals surface area contributed by atoms with Gasteiger partial charge in [-0.1, -0.05) is 26.2 Å². The van der Waals surface area contributed by atoms with Gasteiger partial charge in [0.05, 0.1) is 5.75 Å². The van der Waals surface area contributed by atoms with Crippen molar-refractivity contribution in [2.45, 2.75) is 43.9 Å². The topological polar surface area (TPSA) is 17.1 Å². The molecule has 1 rings (SSSR count). The van der Waals surface area contributed by atoms with Crippen LogP contribution in [0.4, 0.5) is 4.39 Å². The van der Waals surface area contributed by atoms with E-state index in [9.17, 15) is 9.18 Å². The van der Waals surface area contributed by atoms with Gasteiger partial charge in [0, 0.05) is 11.3 Å². The first kappa shape index (κ1) is 14.2. The van der Waals surface area contributed by atoms with E-state index in [0.29, 0.717) is 12.2 Å². The van der Waals surface area contributed by atoms with Crippen molar-refractivity contribution in [1.29, 1.82) is 0 Å². The molecule has 0 saturated heterocycles. The van der Waals surface area contributed by atoms with Crippen molar-refractivity contribution < 1.29 is 9.18 Å². The van der Waals surface area contributed by atoms with Crippen LogP contribution < -0.4 is 0 Å². The van der Waals surface area contributed by atoms with Crippen LogP contribution in [0.15, 0.2) is 29.2 Å². The normalized spacial score (nSPS) is 10.5. The van der Waals surface area contributed by atoms with Crippen molar-refractivity contribution in [3.05, 3.63) is 30.1 Å². The molecule has 0 aliphatic heterocycles. The molecule has 0 spiro atoms. The number of unbranched alkanes of at least 4 members (excludes halogenated alkanes) is 3. The molecule has 1 aromatic carbocycles. The first-order chi connectivity index (χ1) is 8.22. The average molecular weight is 254 g/mol. The quantitative estimate of drug-likeness (QED) is 0.503. The molecule has 3 heteroatoms. The fourth-order valence-electron chi connectivity index (χ4n) is 1.52. The summed E-state index contributed by atoms with van der Waals surface area (Å²) in [7, 11) is 0. The second kappa shape index (κ2) is 8.29. The molecule has 0 amide bonds. The molecule has 0 heterocycles. The zero-order chi connectivity index (χ0) is 12.5. The molecule has 0 unspecified atom stereocenters. The minimum absolute atomic E-state index is 0.236. The van der Waals surface area contributed by atoms with Gasteiger partial charge >= 0.3 is 0 Å². The van der Waals surface area contributed by atoms with Gasteiger partial charge < -0.3 is 0 Å². The zero-order valence-electron chi connectivity index (χ0n) is 10.2. The fourth-order valence-corrected chi connectivity index (χ4v) is 2.32. The molecule has 94 valence electrons. The Morgan fingerprint density at radius 1 is 1.18 bits per heavy atom. The molecule has 1 nitrogen and oxygen atoms in total. The summed E-state index contributed by atoms with van der Waals surface area (Å²) in [5, 5.41) is 0. The highest BCUT2D eigenvalue weighted by Gasteiger charge is 2.03. The summed E-state index contributed by atoms with van der Waals surface area (Å²) >= 11 is 1.48. The number of halogens is 1. The van der Waals surface area contributed by atoms with Crippen molar-refractivity contribution in [2.75, 3.05) is 5.75 Å². The molecule has 0 bridgehead atoms.